The van der Waals surface area contributed by atoms with Gasteiger partial charge in [0.05, 0.1) is 5.56 Å². The summed E-state index contributed by atoms with van der Waals surface area (Å²) in [6, 6.07) is 17.3. The molecule has 2 saturated heterocycles. The number of nitrogens with zero attached hydrogens (tertiary/aromatic N) is 7. The Balaban J connectivity index is 1.32. The van der Waals surface area contributed by atoms with E-state index in [0.717, 1.165) is 35.6 Å². The summed E-state index contributed by atoms with van der Waals surface area (Å²) in [6.45, 7) is 16.9. The lowest BCUT2D eigenvalue weighted by atomic mass is 9.94. The summed E-state index contributed by atoms with van der Waals surface area (Å²) in [6.07, 6.45) is 0.121. The largest absolute Gasteiger partial charge is 0.444 e. The van der Waals surface area contributed by atoms with Crippen molar-refractivity contribution in [3.05, 3.63) is 59.2 Å². The van der Waals surface area contributed by atoms with Crippen LogP contribution in [0.3, 0.4) is 0 Å². The Bertz CT molecular complexity index is 1720. The van der Waals surface area contributed by atoms with Gasteiger partial charge in [-0.2, -0.15) is 5.26 Å². The van der Waals surface area contributed by atoms with Gasteiger partial charge in [0.25, 0.3) is 0 Å². The van der Waals surface area contributed by atoms with E-state index >= 15 is 0 Å². The second-order valence-corrected chi connectivity index (χ2v) is 14.8. The molecule has 3 aromatic rings. The molecule has 2 fully saturated rings. The average Bonchev–Trinajstić information content (AvgIpc) is 3.05. The van der Waals surface area contributed by atoms with Crippen molar-refractivity contribution in [2.45, 2.75) is 65.7 Å². The van der Waals surface area contributed by atoms with Crippen LogP contribution in [0.15, 0.2) is 42.5 Å². The van der Waals surface area contributed by atoms with Crippen molar-refractivity contribution in [1.29, 1.82) is 5.26 Å². The lowest BCUT2D eigenvalue weighted by molar-refractivity contribution is 0.0230. The van der Waals surface area contributed by atoms with E-state index in [2.05, 4.69) is 63.2 Å². The van der Waals surface area contributed by atoms with E-state index in [1.807, 2.05) is 41.5 Å². The van der Waals surface area contributed by atoms with Gasteiger partial charge in [-0.1, -0.05) is 36.4 Å². The number of aromatic nitrogens is 1. The lowest BCUT2D eigenvalue weighted by Gasteiger charge is -2.41. The summed E-state index contributed by atoms with van der Waals surface area (Å²) < 4.78 is 11.3. The molecule has 11 heteroatoms. The normalized spacial score (nSPS) is 17.2. The number of fused-ring (bicyclic) bond motifs is 2. The Morgan fingerprint density at radius 1 is 0.688 bits per heavy atom. The van der Waals surface area contributed by atoms with Gasteiger partial charge in [0.2, 0.25) is 0 Å². The topological polar surface area (TPSA) is 105 Å². The van der Waals surface area contributed by atoms with Crippen LogP contribution in [0.4, 0.5) is 26.9 Å². The SMILES string of the molecule is CC(C)(C)OC(=O)N1CCN(c2nc(N3CCN(C(=O)OC(C)(C)C)CC3)c3c(c2C#N)CN(c2cccc4ccccc24)CC3)CC1. The molecule has 0 bridgehead atoms. The van der Waals surface area contributed by atoms with Crippen molar-refractivity contribution >= 4 is 40.3 Å². The number of pyridine rings is 1. The van der Waals surface area contributed by atoms with Crippen LogP contribution in [-0.4, -0.2) is 97.1 Å². The van der Waals surface area contributed by atoms with E-state index in [1.54, 1.807) is 9.80 Å². The summed E-state index contributed by atoms with van der Waals surface area (Å²) in [7, 11) is 0. The third-order valence-corrected chi connectivity index (χ3v) is 9.03. The summed E-state index contributed by atoms with van der Waals surface area (Å²) in [4.78, 5) is 41.2. The van der Waals surface area contributed by atoms with Crippen molar-refractivity contribution in [2.75, 3.05) is 73.6 Å². The van der Waals surface area contributed by atoms with Gasteiger partial charge < -0.3 is 34.0 Å². The first-order valence-electron chi connectivity index (χ1n) is 17.0. The lowest BCUT2D eigenvalue weighted by Crippen LogP contribution is -2.51. The summed E-state index contributed by atoms with van der Waals surface area (Å²) >= 11 is 0. The minimum absolute atomic E-state index is 0.300. The van der Waals surface area contributed by atoms with Crippen LogP contribution in [0.2, 0.25) is 0 Å². The number of nitriles is 1. The van der Waals surface area contributed by atoms with Crippen molar-refractivity contribution in [3.63, 3.8) is 0 Å². The molecule has 254 valence electrons. The Morgan fingerprint density at radius 3 is 1.79 bits per heavy atom. The zero-order valence-corrected chi connectivity index (χ0v) is 29.1. The summed E-state index contributed by atoms with van der Waals surface area (Å²) in [5, 5.41) is 13.1. The molecule has 6 rings (SSSR count). The number of carbonyl (C=O) groups is 2. The van der Waals surface area contributed by atoms with Crippen molar-refractivity contribution in [1.82, 2.24) is 14.8 Å². The van der Waals surface area contributed by atoms with Crippen LogP contribution < -0.4 is 14.7 Å². The molecule has 2 aromatic carbocycles. The molecule has 0 unspecified atom stereocenters. The van der Waals surface area contributed by atoms with Crippen molar-refractivity contribution in [2.24, 2.45) is 0 Å². The zero-order valence-electron chi connectivity index (χ0n) is 29.1. The van der Waals surface area contributed by atoms with Gasteiger partial charge in [0.15, 0.2) is 0 Å². The molecule has 0 saturated carbocycles. The van der Waals surface area contributed by atoms with Gasteiger partial charge in [0, 0.05) is 82.1 Å². The molecule has 0 spiro atoms. The van der Waals surface area contributed by atoms with Crippen molar-refractivity contribution in [3.8, 4) is 6.07 Å². The number of rotatable bonds is 3. The summed E-state index contributed by atoms with van der Waals surface area (Å²) in [5.74, 6) is 1.54. The van der Waals surface area contributed by atoms with Crippen LogP contribution in [0.5, 0.6) is 0 Å². The Morgan fingerprint density at radius 2 is 1.23 bits per heavy atom. The maximum atomic E-state index is 12.8. The Labute approximate surface area is 283 Å². The van der Waals surface area contributed by atoms with E-state index in [0.29, 0.717) is 70.3 Å². The molecule has 3 aliphatic heterocycles. The quantitative estimate of drug-likeness (QED) is 0.348. The minimum Gasteiger partial charge on any atom is -0.444 e. The highest BCUT2D eigenvalue weighted by atomic mass is 16.6. The van der Waals surface area contributed by atoms with E-state index in [9.17, 15) is 14.9 Å². The number of benzene rings is 2. The predicted molar refractivity (Wildman–Crippen MR) is 188 cm³/mol. The first-order chi connectivity index (χ1) is 22.8. The van der Waals surface area contributed by atoms with E-state index in [1.165, 1.54) is 10.8 Å². The molecule has 0 N–H and O–H groups in total. The highest BCUT2D eigenvalue weighted by Gasteiger charge is 2.34. The van der Waals surface area contributed by atoms with Gasteiger partial charge in [0.1, 0.15) is 28.9 Å². The van der Waals surface area contributed by atoms with Crippen LogP contribution in [-0.2, 0) is 22.4 Å². The molecular formula is C37H47N7O4. The van der Waals surface area contributed by atoms with Crippen molar-refractivity contribution < 1.29 is 19.1 Å². The first kappa shape index (κ1) is 33.2. The fraction of sp³-hybridized carbons (Fsp3) is 0.514. The fourth-order valence-corrected chi connectivity index (χ4v) is 6.75. The molecule has 0 radical (unpaired) electrons. The standard InChI is InChI=1S/C37H47N7O4/c1-36(2,3)47-34(45)42-20-16-40(17-21-42)32-28-14-15-44(31-13-9-11-26-10-7-8-12-27(26)31)25-30(28)29(24-38)33(39-32)41-18-22-43(23-19-41)35(46)48-37(4,5)6/h7-13H,14-23,25H2,1-6H3. The Kier molecular flexibility index (Phi) is 9.03. The maximum Gasteiger partial charge on any atom is 0.410 e. The summed E-state index contributed by atoms with van der Waals surface area (Å²) in [5.41, 5.74) is 2.73. The molecular weight excluding hydrogens is 606 g/mol. The van der Waals surface area contributed by atoms with Gasteiger partial charge in [-0.3, -0.25) is 0 Å². The number of hydrogen-bond donors (Lipinski definition) is 0. The highest BCUT2D eigenvalue weighted by Crippen LogP contribution is 2.38. The minimum atomic E-state index is -0.569. The monoisotopic (exact) mass is 653 g/mol. The van der Waals surface area contributed by atoms with Gasteiger partial charge >= 0.3 is 12.2 Å². The zero-order chi connectivity index (χ0) is 34.2. The number of ether oxygens (including phenoxy) is 2. The molecule has 11 nitrogen and oxygen atoms in total. The van der Waals surface area contributed by atoms with Crippen LogP contribution in [0, 0.1) is 11.3 Å². The predicted octanol–water partition coefficient (Wildman–Crippen LogP) is 5.78. The molecule has 0 aliphatic carbocycles. The number of piperazine rings is 2. The average molecular weight is 654 g/mol. The Hall–Kier alpha value is -4.72. The smallest absolute Gasteiger partial charge is 0.410 e. The highest BCUT2D eigenvalue weighted by molar-refractivity contribution is 5.94. The third kappa shape index (κ3) is 7.08. The number of hydrogen-bond acceptors (Lipinski definition) is 9. The van der Waals surface area contributed by atoms with Crippen LogP contribution in [0.1, 0.15) is 58.2 Å². The van der Waals surface area contributed by atoms with E-state index in [4.69, 9.17) is 14.5 Å². The molecule has 48 heavy (non-hydrogen) atoms. The van der Waals surface area contributed by atoms with Gasteiger partial charge in [-0.15, -0.1) is 0 Å². The fourth-order valence-electron chi connectivity index (χ4n) is 6.75. The van der Waals surface area contributed by atoms with Gasteiger partial charge in [-0.25, -0.2) is 14.6 Å². The number of anilines is 3. The molecule has 3 aliphatic rings. The molecule has 4 heterocycles. The number of amides is 2. The maximum absolute atomic E-state index is 12.8. The second-order valence-electron chi connectivity index (χ2n) is 14.8. The van der Waals surface area contributed by atoms with Crippen LogP contribution >= 0.6 is 0 Å². The first-order valence-corrected chi connectivity index (χ1v) is 17.0. The molecule has 1 aromatic heterocycles. The van der Waals surface area contributed by atoms with E-state index < -0.39 is 11.2 Å². The molecule has 2 amide bonds. The second kappa shape index (κ2) is 13.1. The number of carbonyl (C=O) groups excluding carboxylic acids is 2. The van der Waals surface area contributed by atoms with Crippen LogP contribution in [0.25, 0.3) is 10.8 Å². The van der Waals surface area contributed by atoms with E-state index in [-0.39, 0.29) is 12.2 Å². The molecule has 0 atom stereocenters. The van der Waals surface area contributed by atoms with Gasteiger partial charge in [-0.05, 0) is 65.0 Å². The third-order valence-electron chi connectivity index (χ3n) is 9.03.